The number of rotatable bonds is 7. The van der Waals surface area contributed by atoms with E-state index in [1.165, 1.54) is 11.1 Å². The molecule has 0 radical (unpaired) electrons. The summed E-state index contributed by atoms with van der Waals surface area (Å²) in [7, 11) is 0. The molecule has 3 aromatic carbocycles. The SMILES string of the molecule is CCCOc1ccc(N2C(=O)[C@@H]3C4c5ccccc5C(/C=N\NC(=O)c5cccnc5)(c5ccccc54)[C@H]3C2=O)cc1. The summed E-state index contributed by atoms with van der Waals surface area (Å²) in [5.41, 5.74) is 6.25. The van der Waals surface area contributed by atoms with Gasteiger partial charge in [-0.1, -0.05) is 55.5 Å². The van der Waals surface area contributed by atoms with Crippen molar-refractivity contribution in [2.24, 2.45) is 16.9 Å². The topological polar surface area (TPSA) is 101 Å². The van der Waals surface area contributed by atoms with Gasteiger partial charge in [-0.15, -0.1) is 0 Å². The standard InChI is InChI=1S/C34H28N4O4/c1-2-18-42-23-15-13-22(14-16-23)38-32(40)29-28-24-9-3-5-11-26(24)34(30(29)33(38)41,27-12-6-4-10-25(27)28)20-36-37-31(39)21-8-7-17-35-19-21/h3-17,19-20,28-30H,2,18H2,1H3,(H,37,39)/b36-20-/t28?,29-,30-,34?/m1/s1. The van der Waals surface area contributed by atoms with Gasteiger partial charge < -0.3 is 4.74 Å². The molecule has 1 aromatic heterocycles. The van der Waals surface area contributed by atoms with Gasteiger partial charge >= 0.3 is 0 Å². The highest BCUT2D eigenvalue weighted by Crippen LogP contribution is 2.63. The minimum absolute atomic E-state index is 0.238. The molecule has 0 unspecified atom stereocenters. The fourth-order valence-electron chi connectivity index (χ4n) is 6.97. The van der Waals surface area contributed by atoms with Crippen molar-refractivity contribution >= 4 is 29.6 Å². The molecule has 1 aliphatic heterocycles. The first kappa shape index (κ1) is 25.8. The van der Waals surface area contributed by atoms with Gasteiger partial charge in [0.05, 0.1) is 35.1 Å². The number of carbonyl (C=O) groups excluding carboxylic acids is 3. The van der Waals surface area contributed by atoms with Crippen LogP contribution in [0.2, 0.25) is 0 Å². The molecular weight excluding hydrogens is 528 g/mol. The number of hydrogen-bond donors (Lipinski definition) is 1. The van der Waals surface area contributed by atoms with Crippen molar-refractivity contribution in [1.29, 1.82) is 0 Å². The fraction of sp³-hybridized carbons (Fsp3) is 0.206. The first-order valence-corrected chi connectivity index (χ1v) is 14.1. The summed E-state index contributed by atoms with van der Waals surface area (Å²) in [4.78, 5) is 46.9. The second-order valence-electron chi connectivity index (χ2n) is 10.8. The van der Waals surface area contributed by atoms with E-state index in [2.05, 4.69) is 15.5 Å². The van der Waals surface area contributed by atoms with Crippen LogP contribution in [-0.4, -0.2) is 35.5 Å². The Hall–Kier alpha value is -5.11. The van der Waals surface area contributed by atoms with E-state index in [0.717, 1.165) is 28.7 Å². The highest BCUT2D eigenvalue weighted by Gasteiger charge is 2.68. The predicted molar refractivity (Wildman–Crippen MR) is 157 cm³/mol. The van der Waals surface area contributed by atoms with Crippen LogP contribution in [-0.2, 0) is 15.0 Å². The molecule has 8 nitrogen and oxygen atoms in total. The summed E-state index contributed by atoms with van der Waals surface area (Å²) in [5, 5.41) is 4.44. The number of aromatic nitrogens is 1. The summed E-state index contributed by atoms with van der Waals surface area (Å²) in [6.07, 6.45) is 5.59. The Morgan fingerprint density at radius 2 is 1.64 bits per heavy atom. The Balaban J connectivity index is 1.35. The molecule has 1 saturated heterocycles. The van der Waals surface area contributed by atoms with Crippen LogP contribution in [0.15, 0.2) is 102 Å². The van der Waals surface area contributed by atoms with E-state index in [1.807, 2.05) is 55.5 Å². The van der Waals surface area contributed by atoms with E-state index < -0.39 is 23.2 Å². The average Bonchev–Trinajstić information content (AvgIpc) is 3.31. The van der Waals surface area contributed by atoms with Crippen molar-refractivity contribution in [3.05, 3.63) is 125 Å². The molecule has 0 spiro atoms. The average molecular weight is 557 g/mol. The van der Waals surface area contributed by atoms with Crippen LogP contribution < -0.4 is 15.1 Å². The van der Waals surface area contributed by atoms with Crippen LogP contribution >= 0.6 is 0 Å². The molecule has 42 heavy (non-hydrogen) atoms. The lowest BCUT2D eigenvalue weighted by Crippen LogP contribution is -2.54. The largest absolute Gasteiger partial charge is 0.494 e. The van der Waals surface area contributed by atoms with E-state index in [0.29, 0.717) is 23.6 Å². The summed E-state index contributed by atoms with van der Waals surface area (Å²) in [6, 6.07) is 26.3. The van der Waals surface area contributed by atoms with Gasteiger partial charge in [-0.25, -0.2) is 10.3 Å². The van der Waals surface area contributed by atoms with Crippen LogP contribution in [0, 0.1) is 11.8 Å². The van der Waals surface area contributed by atoms with Crippen molar-refractivity contribution in [1.82, 2.24) is 10.4 Å². The van der Waals surface area contributed by atoms with Crippen LogP contribution in [0.3, 0.4) is 0 Å². The number of carbonyl (C=O) groups is 3. The molecule has 8 heteroatoms. The van der Waals surface area contributed by atoms with Crippen molar-refractivity contribution in [3.63, 3.8) is 0 Å². The van der Waals surface area contributed by atoms with Gasteiger partial charge in [0.1, 0.15) is 5.75 Å². The molecule has 1 fully saturated rings. The van der Waals surface area contributed by atoms with Crippen molar-refractivity contribution in [2.45, 2.75) is 24.7 Å². The zero-order valence-corrected chi connectivity index (χ0v) is 22.9. The maximum Gasteiger partial charge on any atom is 0.272 e. The number of pyridine rings is 1. The maximum absolute atomic E-state index is 14.5. The zero-order valence-electron chi connectivity index (χ0n) is 22.9. The third kappa shape index (κ3) is 3.71. The molecule has 0 saturated carbocycles. The first-order valence-electron chi connectivity index (χ1n) is 14.1. The van der Waals surface area contributed by atoms with Crippen LogP contribution in [0.5, 0.6) is 5.75 Å². The number of nitrogens with zero attached hydrogens (tertiary/aromatic N) is 3. The van der Waals surface area contributed by atoms with Gasteiger partial charge in [0.25, 0.3) is 5.91 Å². The second kappa shape index (κ2) is 10.1. The van der Waals surface area contributed by atoms with Crippen LogP contribution in [0.1, 0.15) is 51.9 Å². The molecule has 3 aliphatic carbocycles. The monoisotopic (exact) mass is 556 g/mol. The molecule has 1 N–H and O–H groups in total. The lowest BCUT2D eigenvalue weighted by Gasteiger charge is -2.52. The Morgan fingerprint density at radius 3 is 2.29 bits per heavy atom. The second-order valence-corrected chi connectivity index (χ2v) is 10.8. The maximum atomic E-state index is 14.5. The summed E-state index contributed by atoms with van der Waals surface area (Å²) in [6.45, 7) is 2.62. The molecule has 3 amide bonds. The van der Waals surface area contributed by atoms with Gasteiger partial charge in [0.2, 0.25) is 11.8 Å². The number of ether oxygens (including phenoxy) is 1. The van der Waals surface area contributed by atoms with Crippen molar-refractivity contribution in [3.8, 4) is 5.75 Å². The zero-order chi connectivity index (χ0) is 28.8. The molecule has 4 aromatic rings. The molecule has 208 valence electrons. The fourth-order valence-corrected chi connectivity index (χ4v) is 6.97. The molecule has 2 bridgehead atoms. The molecular formula is C34H28N4O4. The number of anilines is 1. The summed E-state index contributed by atoms with van der Waals surface area (Å²) >= 11 is 0. The molecule has 8 rings (SSSR count). The predicted octanol–water partition coefficient (Wildman–Crippen LogP) is 4.84. The van der Waals surface area contributed by atoms with Gasteiger partial charge in [-0.3, -0.25) is 19.4 Å². The number of hydrogen-bond acceptors (Lipinski definition) is 6. The van der Waals surface area contributed by atoms with E-state index in [1.54, 1.807) is 48.8 Å². The van der Waals surface area contributed by atoms with E-state index in [9.17, 15) is 14.4 Å². The van der Waals surface area contributed by atoms with Crippen molar-refractivity contribution in [2.75, 3.05) is 11.5 Å². The quantitative estimate of drug-likeness (QED) is 0.200. The molecule has 4 aliphatic rings. The summed E-state index contributed by atoms with van der Waals surface area (Å²) in [5.74, 6) is -1.90. The van der Waals surface area contributed by atoms with E-state index in [-0.39, 0.29) is 17.7 Å². The number of benzene rings is 3. The van der Waals surface area contributed by atoms with Crippen LogP contribution in [0.25, 0.3) is 0 Å². The van der Waals surface area contributed by atoms with Crippen molar-refractivity contribution < 1.29 is 19.1 Å². The minimum atomic E-state index is -1.07. The molecule has 2 heterocycles. The number of amides is 3. The Morgan fingerprint density at radius 1 is 0.952 bits per heavy atom. The lowest BCUT2D eigenvalue weighted by atomic mass is 9.47. The number of imide groups is 1. The molecule has 2 atom stereocenters. The van der Waals surface area contributed by atoms with E-state index in [4.69, 9.17) is 4.74 Å². The van der Waals surface area contributed by atoms with Gasteiger partial charge in [0, 0.05) is 24.5 Å². The summed E-state index contributed by atoms with van der Waals surface area (Å²) < 4.78 is 5.72. The van der Waals surface area contributed by atoms with Gasteiger partial charge in [0.15, 0.2) is 0 Å². The smallest absolute Gasteiger partial charge is 0.272 e. The van der Waals surface area contributed by atoms with E-state index >= 15 is 0 Å². The number of nitrogens with one attached hydrogen (secondary N) is 1. The van der Waals surface area contributed by atoms with Gasteiger partial charge in [-0.2, -0.15) is 5.10 Å². The Bertz CT molecular complexity index is 1690. The third-order valence-corrected chi connectivity index (χ3v) is 8.61. The third-order valence-electron chi connectivity index (χ3n) is 8.61. The Kier molecular flexibility index (Phi) is 6.19. The van der Waals surface area contributed by atoms with Crippen LogP contribution in [0.4, 0.5) is 5.69 Å². The highest BCUT2D eigenvalue weighted by molar-refractivity contribution is 6.25. The lowest BCUT2D eigenvalue weighted by molar-refractivity contribution is -0.122. The minimum Gasteiger partial charge on any atom is -0.494 e. The first-order chi connectivity index (χ1) is 20.6. The highest BCUT2D eigenvalue weighted by atomic mass is 16.5. The number of hydrazone groups is 1. The normalized spacial score (nSPS) is 23.5. The Labute approximate surface area is 243 Å². The van der Waals surface area contributed by atoms with Gasteiger partial charge in [-0.05, 0) is 65.1 Å².